The van der Waals surface area contributed by atoms with Crippen molar-refractivity contribution < 1.29 is 4.42 Å². The van der Waals surface area contributed by atoms with Crippen molar-refractivity contribution in [2.24, 2.45) is 0 Å². The third-order valence-corrected chi connectivity index (χ3v) is 4.18. The van der Waals surface area contributed by atoms with Crippen LogP contribution in [0, 0.1) is 0 Å². The van der Waals surface area contributed by atoms with E-state index in [0.29, 0.717) is 5.82 Å². The summed E-state index contributed by atoms with van der Waals surface area (Å²) in [4.78, 5) is 20.0. The zero-order valence-corrected chi connectivity index (χ0v) is 11.7. The highest BCUT2D eigenvalue weighted by atomic mass is 16.3. The Kier molecular flexibility index (Phi) is 2.88. The molecule has 0 radical (unpaired) electrons. The van der Waals surface area contributed by atoms with E-state index in [1.165, 1.54) is 6.42 Å². The summed E-state index contributed by atoms with van der Waals surface area (Å²) >= 11 is 0. The first-order chi connectivity index (χ1) is 10.3. The molecule has 0 atom stereocenters. The van der Waals surface area contributed by atoms with E-state index < -0.39 is 0 Å². The van der Waals surface area contributed by atoms with Gasteiger partial charge in [0.25, 0.3) is 5.56 Å². The van der Waals surface area contributed by atoms with E-state index in [1.54, 1.807) is 6.26 Å². The highest BCUT2D eigenvalue weighted by molar-refractivity contribution is 5.91. The van der Waals surface area contributed by atoms with Gasteiger partial charge in [-0.3, -0.25) is 4.79 Å². The Labute approximate surface area is 121 Å². The fraction of sp³-hybridized carbons (Fsp3) is 0.294. The number of benzene rings is 1. The van der Waals surface area contributed by atoms with Gasteiger partial charge < -0.3 is 9.40 Å². The van der Waals surface area contributed by atoms with Crippen LogP contribution in [0.5, 0.6) is 0 Å². The van der Waals surface area contributed by atoms with Crippen LogP contribution in [0.25, 0.3) is 22.4 Å². The molecular weight excluding hydrogens is 264 g/mol. The van der Waals surface area contributed by atoms with Crippen LogP contribution >= 0.6 is 0 Å². The minimum absolute atomic E-state index is 0.00202. The summed E-state index contributed by atoms with van der Waals surface area (Å²) in [6.07, 6.45) is 6.75. The van der Waals surface area contributed by atoms with Gasteiger partial charge in [-0.2, -0.15) is 0 Å². The SMILES string of the molecule is O=c1[nH]c(-c2coc3ccccc23)nc2c1CCCCC2. The molecule has 3 aromatic rings. The Balaban J connectivity index is 1.91. The number of rotatable bonds is 1. The molecule has 0 fully saturated rings. The summed E-state index contributed by atoms with van der Waals surface area (Å²) in [5.41, 5.74) is 3.49. The van der Waals surface area contributed by atoms with Crippen LogP contribution in [0.4, 0.5) is 0 Å². The lowest BCUT2D eigenvalue weighted by Gasteiger charge is -2.06. The van der Waals surface area contributed by atoms with Crippen LogP contribution in [-0.4, -0.2) is 9.97 Å². The normalized spacial score (nSPS) is 14.9. The smallest absolute Gasteiger partial charge is 0.254 e. The Morgan fingerprint density at radius 3 is 2.90 bits per heavy atom. The van der Waals surface area contributed by atoms with Gasteiger partial charge in [-0.15, -0.1) is 0 Å². The Morgan fingerprint density at radius 2 is 1.95 bits per heavy atom. The van der Waals surface area contributed by atoms with Crippen molar-refractivity contribution in [1.29, 1.82) is 0 Å². The number of nitrogens with one attached hydrogen (secondary N) is 1. The molecular formula is C17H16N2O2. The van der Waals surface area contributed by atoms with Crippen molar-refractivity contribution >= 4 is 11.0 Å². The second-order valence-electron chi connectivity index (χ2n) is 5.55. The van der Waals surface area contributed by atoms with Crippen molar-refractivity contribution in [2.45, 2.75) is 32.1 Å². The molecule has 0 aliphatic heterocycles. The summed E-state index contributed by atoms with van der Waals surface area (Å²) in [7, 11) is 0. The zero-order valence-electron chi connectivity index (χ0n) is 11.7. The molecule has 2 heterocycles. The minimum atomic E-state index is 0.00202. The van der Waals surface area contributed by atoms with Crippen LogP contribution in [0.15, 0.2) is 39.7 Å². The van der Waals surface area contributed by atoms with Gasteiger partial charge in [0.05, 0.1) is 11.3 Å². The Morgan fingerprint density at radius 1 is 1.10 bits per heavy atom. The molecule has 0 amide bonds. The summed E-state index contributed by atoms with van der Waals surface area (Å²) in [5, 5.41) is 0.981. The number of H-pyrrole nitrogens is 1. The van der Waals surface area contributed by atoms with E-state index in [2.05, 4.69) is 4.98 Å². The largest absolute Gasteiger partial charge is 0.464 e. The van der Waals surface area contributed by atoms with E-state index in [9.17, 15) is 4.79 Å². The summed E-state index contributed by atoms with van der Waals surface area (Å²) in [6.45, 7) is 0. The number of hydrogen-bond acceptors (Lipinski definition) is 3. The number of para-hydroxylation sites is 1. The lowest BCUT2D eigenvalue weighted by Crippen LogP contribution is -2.18. The van der Waals surface area contributed by atoms with E-state index in [0.717, 1.165) is 53.5 Å². The van der Waals surface area contributed by atoms with Crippen LogP contribution in [0.2, 0.25) is 0 Å². The maximum absolute atomic E-state index is 12.3. The van der Waals surface area contributed by atoms with Crippen LogP contribution in [-0.2, 0) is 12.8 Å². The molecule has 1 aliphatic carbocycles. The van der Waals surface area contributed by atoms with Crippen LogP contribution in [0.1, 0.15) is 30.5 Å². The molecule has 21 heavy (non-hydrogen) atoms. The van der Waals surface area contributed by atoms with Crippen molar-refractivity contribution in [1.82, 2.24) is 9.97 Å². The summed E-state index contributed by atoms with van der Waals surface area (Å²) in [6, 6.07) is 7.80. The average Bonchev–Trinajstić information content (AvgIpc) is 2.78. The van der Waals surface area contributed by atoms with Crippen LogP contribution in [0.3, 0.4) is 0 Å². The zero-order chi connectivity index (χ0) is 14.2. The Hall–Kier alpha value is -2.36. The average molecular weight is 280 g/mol. The number of aryl methyl sites for hydroxylation is 1. The molecule has 4 heteroatoms. The van der Waals surface area contributed by atoms with E-state index in [-0.39, 0.29) is 5.56 Å². The quantitative estimate of drug-likeness (QED) is 0.694. The number of nitrogens with zero attached hydrogens (tertiary/aromatic N) is 1. The van der Waals surface area contributed by atoms with Gasteiger partial charge in [-0.25, -0.2) is 4.98 Å². The maximum atomic E-state index is 12.3. The van der Waals surface area contributed by atoms with Gasteiger partial charge in [0.1, 0.15) is 17.7 Å². The molecule has 4 rings (SSSR count). The first-order valence-corrected chi connectivity index (χ1v) is 7.41. The number of aromatic amines is 1. The predicted molar refractivity (Wildman–Crippen MR) is 81.3 cm³/mol. The van der Waals surface area contributed by atoms with Gasteiger partial charge in [0, 0.05) is 10.9 Å². The highest BCUT2D eigenvalue weighted by Crippen LogP contribution is 2.28. The fourth-order valence-corrected chi connectivity index (χ4v) is 3.07. The van der Waals surface area contributed by atoms with Gasteiger partial charge in [0.2, 0.25) is 0 Å². The van der Waals surface area contributed by atoms with Crippen LogP contribution < -0.4 is 5.56 Å². The predicted octanol–water partition coefficient (Wildman–Crippen LogP) is 3.45. The molecule has 0 saturated heterocycles. The van der Waals surface area contributed by atoms with Gasteiger partial charge in [-0.05, 0) is 31.7 Å². The van der Waals surface area contributed by atoms with Crippen molar-refractivity contribution in [3.63, 3.8) is 0 Å². The molecule has 2 aromatic heterocycles. The molecule has 1 N–H and O–H groups in total. The molecule has 4 nitrogen and oxygen atoms in total. The lowest BCUT2D eigenvalue weighted by atomic mass is 10.1. The van der Waals surface area contributed by atoms with Crippen molar-refractivity contribution in [3.05, 3.63) is 52.1 Å². The fourth-order valence-electron chi connectivity index (χ4n) is 3.07. The number of aromatic nitrogens is 2. The summed E-state index contributed by atoms with van der Waals surface area (Å²) < 4.78 is 5.55. The van der Waals surface area contributed by atoms with Gasteiger partial charge >= 0.3 is 0 Å². The van der Waals surface area contributed by atoms with Gasteiger partial charge in [0.15, 0.2) is 0 Å². The third kappa shape index (κ3) is 2.07. The van der Waals surface area contributed by atoms with E-state index >= 15 is 0 Å². The molecule has 106 valence electrons. The second kappa shape index (κ2) is 4.88. The lowest BCUT2D eigenvalue weighted by molar-refractivity contribution is 0.616. The number of hydrogen-bond donors (Lipinski definition) is 1. The maximum Gasteiger partial charge on any atom is 0.254 e. The van der Waals surface area contributed by atoms with E-state index in [1.807, 2.05) is 24.3 Å². The topological polar surface area (TPSA) is 58.9 Å². The molecule has 1 aromatic carbocycles. The molecule has 1 aliphatic rings. The first kappa shape index (κ1) is 12.4. The summed E-state index contributed by atoms with van der Waals surface area (Å²) in [5.74, 6) is 0.616. The second-order valence-corrected chi connectivity index (χ2v) is 5.55. The Bertz CT molecular complexity index is 861. The number of fused-ring (bicyclic) bond motifs is 2. The molecule has 0 bridgehead atoms. The molecule has 0 unspecified atom stereocenters. The minimum Gasteiger partial charge on any atom is -0.464 e. The molecule has 0 spiro atoms. The number of furan rings is 1. The van der Waals surface area contributed by atoms with Crippen molar-refractivity contribution in [3.8, 4) is 11.4 Å². The third-order valence-electron chi connectivity index (χ3n) is 4.18. The monoisotopic (exact) mass is 280 g/mol. The standard InChI is InChI=1S/C17H16N2O2/c20-17-12-7-2-1-3-8-14(12)18-16(19-17)13-10-21-15-9-5-4-6-11(13)15/h4-6,9-10H,1-3,7-8H2,(H,18,19,20). The van der Waals surface area contributed by atoms with Gasteiger partial charge in [-0.1, -0.05) is 24.6 Å². The molecule has 0 saturated carbocycles. The van der Waals surface area contributed by atoms with Crippen molar-refractivity contribution in [2.75, 3.05) is 0 Å². The highest BCUT2D eigenvalue weighted by Gasteiger charge is 2.17. The van der Waals surface area contributed by atoms with E-state index in [4.69, 9.17) is 9.40 Å². The first-order valence-electron chi connectivity index (χ1n) is 7.41.